The second kappa shape index (κ2) is 8.82. The van der Waals surface area contributed by atoms with E-state index < -0.39 is 23.3 Å². The Labute approximate surface area is 182 Å². The molecular formula is C25H16F2N2O3. The SMILES string of the molecule is COc1cc(CC#Cc2ccc3c(c2)C(=O)/C(=C\c2ccc(F)c(F)c2)C(=O)N3)ccn1. The number of carbonyl (C=O) groups excluding carboxylic acids is 2. The molecule has 0 saturated carbocycles. The van der Waals surface area contributed by atoms with Gasteiger partial charge in [-0.25, -0.2) is 13.8 Å². The molecule has 7 heteroatoms. The number of halogens is 2. The maximum absolute atomic E-state index is 13.5. The predicted octanol–water partition coefficient (Wildman–Crippen LogP) is 4.18. The number of fused-ring (bicyclic) bond motifs is 1. The fourth-order valence-corrected chi connectivity index (χ4v) is 3.18. The summed E-state index contributed by atoms with van der Waals surface area (Å²) in [7, 11) is 1.54. The van der Waals surface area contributed by atoms with E-state index in [0.29, 0.717) is 23.6 Å². The van der Waals surface area contributed by atoms with Crippen molar-refractivity contribution < 1.29 is 23.1 Å². The van der Waals surface area contributed by atoms with E-state index in [4.69, 9.17) is 4.74 Å². The first kappa shape index (κ1) is 20.9. The molecule has 0 bridgehead atoms. The normalized spacial score (nSPS) is 13.8. The van der Waals surface area contributed by atoms with Gasteiger partial charge in [-0.05, 0) is 53.6 Å². The van der Waals surface area contributed by atoms with Crippen molar-refractivity contribution in [1.29, 1.82) is 0 Å². The highest BCUT2D eigenvalue weighted by Gasteiger charge is 2.28. The van der Waals surface area contributed by atoms with Gasteiger partial charge in [0.25, 0.3) is 5.91 Å². The van der Waals surface area contributed by atoms with Gasteiger partial charge >= 0.3 is 0 Å². The molecule has 158 valence electrons. The molecule has 1 aliphatic heterocycles. The number of hydrogen-bond donors (Lipinski definition) is 1. The van der Waals surface area contributed by atoms with Gasteiger partial charge in [-0.3, -0.25) is 9.59 Å². The molecule has 4 rings (SSSR count). The summed E-state index contributed by atoms with van der Waals surface area (Å²) >= 11 is 0. The number of pyridine rings is 1. The second-order valence-electron chi connectivity index (χ2n) is 6.96. The number of ketones is 1. The number of hydrogen-bond acceptors (Lipinski definition) is 4. The Kier molecular flexibility index (Phi) is 5.77. The predicted molar refractivity (Wildman–Crippen MR) is 115 cm³/mol. The van der Waals surface area contributed by atoms with Gasteiger partial charge in [0.1, 0.15) is 0 Å². The summed E-state index contributed by atoms with van der Waals surface area (Å²) in [6.45, 7) is 0. The molecule has 1 aromatic heterocycles. The Balaban J connectivity index is 1.60. The summed E-state index contributed by atoms with van der Waals surface area (Å²) in [5, 5.41) is 2.64. The maximum atomic E-state index is 13.5. The summed E-state index contributed by atoms with van der Waals surface area (Å²) in [5.74, 6) is 3.34. The van der Waals surface area contributed by atoms with Gasteiger partial charge in [0.15, 0.2) is 11.6 Å². The van der Waals surface area contributed by atoms with Crippen LogP contribution in [0.2, 0.25) is 0 Å². The topological polar surface area (TPSA) is 68.3 Å². The zero-order valence-electron chi connectivity index (χ0n) is 16.9. The van der Waals surface area contributed by atoms with Crippen molar-refractivity contribution in [3.63, 3.8) is 0 Å². The number of carbonyl (C=O) groups is 2. The first-order valence-corrected chi connectivity index (χ1v) is 9.59. The van der Waals surface area contributed by atoms with Crippen molar-refractivity contribution in [3.05, 3.63) is 94.2 Å². The van der Waals surface area contributed by atoms with Crippen molar-refractivity contribution in [2.45, 2.75) is 6.42 Å². The molecule has 1 aliphatic rings. The monoisotopic (exact) mass is 430 g/mol. The van der Waals surface area contributed by atoms with Gasteiger partial charge in [-0.15, -0.1) is 0 Å². The summed E-state index contributed by atoms with van der Waals surface area (Å²) in [5.41, 5.74) is 2.21. The first-order valence-electron chi connectivity index (χ1n) is 9.59. The van der Waals surface area contributed by atoms with Crippen LogP contribution in [0.5, 0.6) is 5.88 Å². The minimum absolute atomic E-state index is 0.169. The molecule has 0 atom stereocenters. The van der Waals surface area contributed by atoms with Gasteiger partial charge in [0.05, 0.1) is 18.4 Å². The zero-order chi connectivity index (χ0) is 22.7. The van der Waals surface area contributed by atoms with Crippen molar-refractivity contribution in [2.24, 2.45) is 0 Å². The molecule has 0 aliphatic carbocycles. The number of nitrogens with zero attached hydrogens (tertiary/aromatic N) is 1. The van der Waals surface area contributed by atoms with Crippen LogP contribution in [0.25, 0.3) is 6.08 Å². The number of nitrogens with one attached hydrogen (secondary N) is 1. The largest absolute Gasteiger partial charge is 0.481 e. The minimum Gasteiger partial charge on any atom is -0.481 e. The molecule has 5 nitrogen and oxygen atoms in total. The number of rotatable bonds is 3. The number of amides is 1. The highest BCUT2D eigenvalue weighted by molar-refractivity contribution is 6.36. The smallest absolute Gasteiger partial charge is 0.259 e. The number of ether oxygens (including phenoxy) is 1. The molecule has 0 unspecified atom stereocenters. The van der Waals surface area contributed by atoms with E-state index in [9.17, 15) is 18.4 Å². The third-order valence-corrected chi connectivity index (χ3v) is 4.79. The number of benzene rings is 2. The highest BCUT2D eigenvalue weighted by Crippen LogP contribution is 2.27. The Morgan fingerprint density at radius 3 is 2.69 bits per heavy atom. The lowest BCUT2D eigenvalue weighted by Gasteiger charge is -2.18. The third-order valence-electron chi connectivity index (χ3n) is 4.79. The lowest BCUT2D eigenvalue weighted by Crippen LogP contribution is -2.27. The summed E-state index contributed by atoms with van der Waals surface area (Å²) < 4.78 is 31.7. The molecule has 32 heavy (non-hydrogen) atoms. The first-order chi connectivity index (χ1) is 15.4. The van der Waals surface area contributed by atoms with Crippen molar-refractivity contribution in [2.75, 3.05) is 12.4 Å². The van der Waals surface area contributed by atoms with Crippen LogP contribution in [-0.2, 0) is 11.2 Å². The molecule has 2 aromatic carbocycles. The Hall–Kier alpha value is -4.31. The molecule has 1 N–H and O–H groups in total. The quantitative estimate of drug-likeness (QED) is 0.385. The van der Waals surface area contributed by atoms with Crippen LogP contribution >= 0.6 is 0 Å². The molecular weight excluding hydrogens is 414 g/mol. The zero-order valence-corrected chi connectivity index (χ0v) is 16.9. The van der Waals surface area contributed by atoms with E-state index >= 15 is 0 Å². The Morgan fingerprint density at radius 1 is 1.06 bits per heavy atom. The van der Waals surface area contributed by atoms with Gasteiger partial charge < -0.3 is 10.1 Å². The van der Waals surface area contributed by atoms with Crippen LogP contribution in [0.3, 0.4) is 0 Å². The molecule has 3 aromatic rings. The lowest BCUT2D eigenvalue weighted by atomic mass is 9.93. The number of anilines is 1. The maximum Gasteiger partial charge on any atom is 0.259 e. The summed E-state index contributed by atoms with van der Waals surface area (Å²) in [6, 6.07) is 11.7. The minimum atomic E-state index is -1.06. The van der Waals surface area contributed by atoms with E-state index in [2.05, 4.69) is 22.1 Å². The van der Waals surface area contributed by atoms with E-state index in [1.54, 1.807) is 30.5 Å². The van der Waals surface area contributed by atoms with Gasteiger partial charge in [0.2, 0.25) is 11.7 Å². The molecule has 0 saturated heterocycles. The van der Waals surface area contributed by atoms with E-state index in [0.717, 1.165) is 17.7 Å². The van der Waals surface area contributed by atoms with E-state index in [-0.39, 0.29) is 16.7 Å². The van der Waals surface area contributed by atoms with Gasteiger partial charge in [-0.1, -0.05) is 17.9 Å². The van der Waals surface area contributed by atoms with Crippen molar-refractivity contribution in [3.8, 4) is 17.7 Å². The van der Waals surface area contributed by atoms with Crippen LogP contribution in [0.4, 0.5) is 14.5 Å². The van der Waals surface area contributed by atoms with Crippen molar-refractivity contribution >= 4 is 23.5 Å². The molecule has 0 fully saturated rings. The second-order valence-corrected chi connectivity index (χ2v) is 6.96. The number of aromatic nitrogens is 1. The molecule has 1 amide bonds. The van der Waals surface area contributed by atoms with Crippen molar-refractivity contribution in [1.82, 2.24) is 4.98 Å². The number of methoxy groups -OCH3 is 1. The van der Waals surface area contributed by atoms with Crippen LogP contribution in [0.1, 0.15) is 27.0 Å². The van der Waals surface area contributed by atoms with Gasteiger partial charge in [0, 0.05) is 29.8 Å². The average molecular weight is 430 g/mol. The average Bonchev–Trinajstić information content (AvgIpc) is 2.79. The molecule has 0 radical (unpaired) electrons. The highest BCUT2D eigenvalue weighted by atomic mass is 19.2. The fraction of sp³-hybridized carbons (Fsp3) is 0.0800. The number of Topliss-reactive ketones (excluding diaryl/α,β-unsaturated/α-hetero) is 1. The van der Waals surface area contributed by atoms with E-state index in [1.165, 1.54) is 19.3 Å². The van der Waals surface area contributed by atoms with Gasteiger partial charge in [-0.2, -0.15) is 0 Å². The lowest BCUT2D eigenvalue weighted by molar-refractivity contribution is -0.112. The Morgan fingerprint density at radius 2 is 1.91 bits per heavy atom. The Bertz CT molecular complexity index is 1340. The fourth-order valence-electron chi connectivity index (χ4n) is 3.18. The van der Waals surface area contributed by atoms with E-state index in [1.807, 2.05) is 6.07 Å². The van der Waals surface area contributed by atoms with Crippen LogP contribution in [0, 0.1) is 23.5 Å². The third kappa shape index (κ3) is 4.40. The van der Waals surface area contributed by atoms with Crippen LogP contribution in [-0.4, -0.2) is 23.8 Å². The molecule has 2 heterocycles. The summed E-state index contributed by atoms with van der Waals surface area (Å²) in [6.07, 6.45) is 3.33. The standard InChI is InChI=1S/C25H16F2N2O3/c1-32-23-14-16(9-10-28-23)4-2-3-15-6-8-22-18(11-15)24(30)19(25(31)29-22)12-17-5-7-20(26)21(27)13-17/h5-14H,4H2,1H3,(H,29,31)/b19-12+. The summed E-state index contributed by atoms with van der Waals surface area (Å²) in [4.78, 5) is 29.4. The molecule has 0 spiro atoms. The van der Waals surface area contributed by atoms with Crippen LogP contribution in [0.15, 0.2) is 60.3 Å². The van der Waals surface area contributed by atoms with Crippen LogP contribution < -0.4 is 10.1 Å².